The number of nitrogens with one attached hydrogen (secondary N) is 1. The van der Waals surface area contributed by atoms with Crippen molar-refractivity contribution in [1.29, 1.82) is 0 Å². The third-order valence-electron chi connectivity index (χ3n) is 6.87. The number of aliphatic hydroxyl groups is 1. The van der Waals surface area contributed by atoms with Crippen molar-refractivity contribution in [2.45, 2.75) is 31.2 Å². The zero-order chi connectivity index (χ0) is 22.9. The number of amides is 3. The lowest BCUT2D eigenvalue weighted by Crippen LogP contribution is -2.62. The van der Waals surface area contributed by atoms with Crippen LogP contribution in [-0.4, -0.2) is 60.0 Å². The lowest BCUT2D eigenvalue weighted by Gasteiger charge is -2.46. The van der Waals surface area contributed by atoms with Crippen molar-refractivity contribution in [3.63, 3.8) is 0 Å². The number of carbonyl (C=O) groups excluding carboxylic acids is 3. The molecule has 7 heteroatoms. The molecule has 0 unspecified atom stereocenters. The minimum Gasteiger partial charge on any atom is -0.395 e. The first-order valence-corrected chi connectivity index (χ1v) is 11.0. The molecule has 0 bridgehead atoms. The quantitative estimate of drug-likeness (QED) is 0.723. The van der Waals surface area contributed by atoms with Gasteiger partial charge < -0.3 is 20.2 Å². The average Bonchev–Trinajstić information content (AvgIpc) is 3.15. The van der Waals surface area contributed by atoms with Gasteiger partial charge in [-0.15, -0.1) is 0 Å². The van der Waals surface area contributed by atoms with Crippen LogP contribution in [0.3, 0.4) is 0 Å². The fourth-order valence-corrected chi connectivity index (χ4v) is 5.33. The van der Waals surface area contributed by atoms with Gasteiger partial charge in [0.15, 0.2) is 0 Å². The summed E-state index contributed by atoms with van der Waals surface area (Å²) < 4.78 is 0. The smallest absolute Gasteiger partial charge is 0.253 e. The number of aliphatic hydroxyl groups excluding tert-OH is 1. The molecule has 0 aliphatic carbocycles. The van der Waals surface area contributed by atoms with Crippen LogP contribution in [0, 0.1) is 5.92 Å². The largest absolute Gasteiger partial charge is 0.395 e. The molecule has 1 saturated heterocycles. The first kappa shape index (κ1) is 22.0. The predicted octanol–water partition coefficient (Wildman–Crippen LogP) is 1.70. The molecule has 4 rings (SSSR count). The Morgan fingerprint density at radius 3 is 2.50 bits per heavy atom. The summed E-state index contributed by atoms with van der Waals surface area (Å²) in [7, 11) is 1.58. The van der Waals surface area contributed by atoms with E-state index in [1.54, 1.807) is 23.8 Å². The van der Waals surface area contributed by atoms with E-state index in [2.05, 4.69) is 5.32 Å². The second-order valence-electron chi connectivity index (χ2n) is 8.58. The molecule has 3 amide bonds. The summed E-state index contributed by atoms with van der Waals surface area (Å²) in [6.45, 7) is 1.89. The Balaban J connectivity index is 1.74. The molecule has 7 nitrogen and oxygen atoms in total. The van der Waals surface area contributed by atoms with Crippen molar-refractivity contribution in [2.75, 3.05) is 31.6 Å². The maximum absolute atomic E-state index is 13.8. The highest BCUT2D eigenvalue weighted by molar-refractivity contribution is 6.07. The molecule has 0 spiro atoms. The molecular weight excluding hydrogens is 406 g/mol. The SMILES string of the molecule is CNC(=O)[C@H]1CN(C(=O)CCc2ccccc2)[C@]2(C)C(=O)N(CCO)c3ccccc3[C@H]12. The number of likely N-dealkylation sites (tertiary alicyclic amines) is 1. The summed E-state index contributed by atoms with van der Waals surface area (Å²) in [5.74, 6) is -1.58. The van der Waals surface area contributed by atoms with E-state index in [-0.39, 0.29) is 43.8 Å². The van der Waals surface area contributed by atoms with Gasteiger partial charge in [-0.1, -0.05) is 48.5 Å². The van der Waals surface area contributed by atoms with E-state index in [9.17, 15) is 19.5 Å². The van der Waals surface area contributed by atoms with E-state index < -0.39 is 17.4 Å². The van der Waals surface area contributed by atoms with Crippen molar-refractivity contribution in [1.82, 2.24) is 10.2 Å². The van der Waals surface area contributed by atoms with Gasteiger partial charge in [0.1, 0.15) is 5.54 Å². The molecule has 2 aliphatic heterocycles. The van der Waals surface area contributed by atoms with E-state index in [1.807, 2.05) is 54.6 Å². The third kappa shape index (κ3) is 3.46. The molecule has 2 aromatic rings. The summed E-state index contributed by atoms with van der Waals surface area (Å²) >= 11 is 0. The summed E-state index contributed by atoms with van der Waals surface area (Å²) in [5.41, 5.74) is 1.40. The average molecular weight is 436 g/mol. The van der Waals surface area contributed by atoms with Gasteiger partial charge in [-0.25, -0.2) is 0 Å². The van der Waals surface area contributed by atoms with Crippen LogP contribution >= 0.6 is 0 Å². The fourth-order valence-electron chi connectivity index (χ4n) is 5.33. The van der Waals surface area contributed by atoms with E-state index in [1.165, 1.54) is 0 Å². The number of rotatable bonds is 6. The van der Waals surface area contributed by atoms with Crippen molar-refractivity contribution in [3.05, 3.63) is 65.7 Å². The molecule has 0 saturated carbocycles. The summed E-state index contributed by atoms with van der Waals surface area (Å²) in [4.78, 5) is 43.3. The fraction of sp³-hybridized carbons (Fsp3) is 0.400. The molecule has 3 atom stereocenters. The number of hydrogen-bond acceptors (Lipinski definition) is 4. The van der Waals surface area contributed by atoms with Gasteiger partial charge in [0.05, 0.1) is 12.5 Å². The third-order valence-corrected chi connectivity index (χ3v) is 6.87. The van der Waals surface area contributed by atoms with Crippen LogP contribution in [0.2, 0.25) is 0 Å². The van der Waals surface area contributed by atoms with Crippen LogP contribution in [0.1, 0.15) is 30.4 Å². The number of nitrogens with zero attached hydrogens (tertiary/aromatic N) is 2. The topological polar surface area (TPSA) is 90.0 Å². The second-order valence-corrected chi connectivity index (χ2v) is 8.58. The van der Waals surface area contributed by atoms with Crippen LogP contribution in [0.4, 0.5) is 5.69 Å². The van der Waals surface area contributed by atoms with Crippen molar-refractivity contribution >= 4 is 23.4 Å². The maximum Gasteiger partial charge on any atom is 0.253 e. The highest BCUT2D eigenvalue weighted by Gasteiger charge is 2.63. The molecule has 2 N–H and O–H groups in total. The van der Waals surface area contributed by atoms with E-state index >= 15 is 0 Å². The minimum absolute atomic E-state index is 0.134. The second kappa shape index (κ2) is 8.74. The van der Waals surface area contributed by atoms with Crippen LogP contribution in [-0.2, 0) is 20.8 Å². The Hall–Kier alpha value is -3.19. The minimum atomic E-state index is -1.20. The van der Waals surface area contributed by atoms with Gasteiger partial charge in [-0.2, -0.15) is 0 Å². The Morgan fingerprint density at radius 2 is 1.81 bits per heavy atom. The number of β-amino-alcohol motifs (C(OH)–C–C–N with tert-alkyl or cyclic N) is 1. The number of benzene rings is 2. The molecule has 2 aliphatic rings. The summed E-state index contributed by atoms with van der Waals surface area (Å²) in [5, 5.41) is 12.3. The van der Waals surface area contributed by atoms with Crippen molar-refractivity contribution in [2.24, 2.45) is 5.92 Å². The molecule has 168 valence electrons. The van der Waals surface area contributed by atoms with Gasteiger partial charge in [-0.05, 0) is 30.5 Å². The number of anilines is 1. The monoisotopic (exact) mass is 435 g/mol. The van der Waals surface area contributed by atoms with E-state index in [4.69, 9.17) is 0 Å². The summed E-state index contributed by atoms with van der Waals surface area (Å²) in [6, 6.07) is 17.2. The maximum atomic E-state index is 13.8. The Kier molecular flexibility index (Phi) is 6.02. The lowest BCUT2D eigenvalue weighted by atomic mass is 9.71. The molecule has 2 aromatic carbocycles. The van der Waals surface area contributed by atoms with Gasteiger partial charge in [0.2, 0.25) is 11.8 Å². The van der Waals surface area contributed by atoms with Crippen LogP contribution in [0.5, 0.6) is 0 Å². The zero-order valence-corrected chi connectivity index (χ0v) is 18.5. The van der Waals surface area contributed by atoms with Crippen LogP contribution < -0.4 is 10.2 Å². The number of carbonyl (C=O) groups is 3. The zero-order valence-electron chi connectivity index (χ0n) is 18.5. The van der Waals surface area contributed by atoms with Crippen LogP contribution in [0.25, 0.3) is 0 Å². The van der Waals surface area contributed by atoms with Gasteiger partial charge in [-0.3, -0.25) is 14.4 Å². The standard InChI is InChI=1S/C25H29N3O4/c1-25-22(18-10-6-7-11-20(18)27(14-15-29)24(25)32)19(23(31)26-2)16-28(25)21(30)13-12-17-8-4-3-5-9-17/h3-11,19,22,29H,12-16H2,1-2H3,(H,26,31)/t19-,22+,25-/m0/s1. The molecule has 0 aromatic heterocycles. The highest BCUT2D eigenvalue weighted by atomic mass is 16.3. The Labute approximate surface area is 188 Å². The van der Waals surface area contributed by atoms with Crippen molar-refractivity contribution in [3.8, 4) is 0 Å². The Bertz CT molecular complexity index is 1020. The van der Waals surface area contributed by atoms with Gasteiger partial charge in [0.25, 0.3) is 5.91 Å². The number of hydrogen-bond donors (Lipinski definition) is 2. The molecule has 2 heterocycles. The Morgan fingerprint density at radius 1 is 1.12 bits per heavy atom. The number of fused-ring (bicyclic) bond motifs is 3. The lowest BCUT2D eigenvalue weighted by molar-refractivity contribution is -0.143. The van der Waals surface area contributed by atoms with Gasteiger partial charge >= 0.3 is 0 Å². The first-order chi connectivity index (χ1) is 15.4. The molecule has 32 heavy (non-hydrogen) atoms. The first-order valence-electron chi connectivity index (χ1n) is 11.0. The van der Waals surface area contributed by atoms with Crippen molar-refractivity contribution < 1.29 is 19.5 Å². The molecular formula is C25H29N3O4. The van der Waals surface area contributed by atoms with E-state index in [0.29, 0.717) is 12.1 Å². The molecule has 0 radical (unpaired) electrons. The molecule has 1 fully saturated rings. The van der Waals surface area contributed by atoms with Crippen LogP contribution in [0.15, 0.2) is 54.6 Å². The van der Waals surface area contributed by atoms with E-state index in [0.717, 1.165) is 11.1 Å². The number of para-hydroxylation sites is 1. The predicted molar refractivity (Wildman–Crippen MR) is 121 cm³/mol. The summed E-state index contributed by atoms with van der Waals surface area (Å²) in [6.07, 6.45) is 0.814. The normalized spacial score (nSPS) is 24.2. The number of aryl methyl sites for hydroxylation is 1. The highest BCUT2D eigenvalue weighted by Crippen LogP contribution is 2.53. The van der Waals surface area contributed by atoms with Gasteiger partial charge in [0, 0.05) is 38.2 Å².